The largest absolute Gasteiger partial charge is 0.515 e. The lowest BCUT2D eigenvalue weighted by atomic mass is 9.53. The molecule has 0 aromatic carbocycles. The van der Waals surface area contributed by atoms with Gasteiger partial charge in [0.05, 0.1) is 90.0 Å². The van der Waals surface area contributed by atoms with Crippen molar-refractivity contribution in [3.8, 4) is 11.8 Å². The summed E-state index contributed by atoms with van der Waals surface area (Å²) in [6.45, 7) is 37.4. The van der Waals surface area contributed by atoms with E-state index in [-0.39, 0.29) is 136 Å². The van der Waals surface area contributed by atoms with Crippen LogP contribution in [0.25, 0.3) is 0 Å². The minimum absolute atomic E-state index is 0. The molecule has 3 aliphatic heterocycles. The zero-order valence-corrected chi connectivity index (χ0v) is 76.0. The number of Topliss-reactive ketones (excluding diaryl/α,β-unsaturated/α-hetero) is 5. The van der Waals surface area contributed by atoms with Crippen molar-refractivity contribution in [1.82, 2.24) is 39.9 Å². The van der Waals surface area contributed by atoms with Gasteiger partial charge in [-0.05, 0) is 179 Å². The maximum absolute atomic E-state index is 12.8. The maximum atomic E-state index is 12.8. The lowest BCUT2D eigenvalue weighted by Crippen LogP contribution is -2.58. The van der Waals surface area contributed by atoms with E-state index < -0.39 is 22.9 Å². The van der Waals surface area contributed by atoms with Crippen LogP contribution in [0, 0.1) is 115 Å². The molecule has 3 spiro atoms. The third kappa shape index (κ3) is 18.3. The molecule has 127 heavy (non-hydrogen) atoms. The molecule has 710 valence electrons. The predicted octanol–water partition coefficient (Wildman–Crippen LogP) is 18.9. The molecule has 4 aromatic heterocycles. The summed E-state index contributed by atoms with van der Waals surface area (Å²) in [5.41, 5.74) is 8.03. The minimum Gasteiger partial charge on any atom is -0.515 e. The van der Waals surface area contributed by atoms with Gasteiger partial charge in [-0.15, -0.1) is 0 Å². The van der Waals surface area contributed by atoms with Crippen LogP contribution in [0.1, 0.15) is 324 Å². The summed E-state index contributed by atoms with van der Waals surface area (Å²) in [5.74, 6) is 6.48. The summed E-state index contributed by atoms with van der Waals surface area (Å²) in [6, 6.07) is 0. The average Bonchev–Trinajstić information content (AvgIpc) is 1.70. The highest BCUT2D eigenvalue weighted by molar-refractivity contribution is 6.30. The Hall–Kier alpha value is -6.87. The molecule has 8 saturated carbocycles. The first kappa shape index (κ1) is 105. The number of nitrogens with zero attached hydrogens (tertiary/aromatic N) is 7. The highest BCUT2D eigenvalue weighted by atomic mass is 35.5. The molecule has 25 nitrogen and oxygen atoms in total. The number of aliphatic hydroxyl groups excluding tert-OH is 1. The molecule has 7 heterocycles. The Labute approximate surface area is 763 Å². The molecule has 19 rings (SSSR count). The van der Waals surface area contributed by atoms with Gasteiger partial charge in [-0.3, -0.25) is 33.6 Å². The summed E-state index contributed by atoms with van der Waals surface area (Å²) in [7, 11) is 4.65. The van der Waals surface area contributed by atoms with Crippen molar-refractivity contribution < 1.29 is 76.5 Å². The van der Waals surface area contributed by atoms with Gasteiger partial charge < -0.3 is 52.7 Å². The van der Waals surface area contributed by atoms with Crippen molar-refractivity contribution in [2.75, 3.05) is 61.0 Å². The molecular weight excluding hydrogens is 1630 g/mol. The summed E-state index contributed by atoms with van der Waals surface area (Å²) in [5, 5.41) is 10.1. The Balaban J connectivity index is 0.000000187. The fraction of sp³-hybridized carbons (Fsp3) is 0.762. The van der Waals surface area contributed by atoms with Crippen LogP contribution in [-0.2, 0) is 109 Å². The Morgan fingerprint density at radius 1 is 0.425 bits per heavy atom. The smallest absolute Gasteiger partial charge is 0.316 e. The van der Waals surface area contributed by atoms with Crippen molar-refractivity contribution in [2.24, 2.45) is 87.8 Å². The second-order valence-electron chi connectivity index (χ2n) is 39.6. The number of hydrogen-bond acceptors (Lipinski definition) is 24. The third-order valence-corrected chi connectivity index (χ3v) is 33.9. The number of fused-ring (bicyclic) bond motifs is 14. The molecule has 15 aliphatic rings. The molecule has 19 atom stereocenters. The van der Waals surface area contributed by atoms with Crippen molar-refractivity contribution in [2.45, 2.75) is 348 Å². The van der Waals surface area contributed by atoms with Gasteiger partial charge in [0, 0.05) is 134 Å². The number of rotatable bonds is 3. The van der Waals surface area contributed by atoms with Gasteiger partial charge in [-0.25, -0.2) is 24.9 Å². The number of esters is 1. The van der Waals surface area contributed by atoms with E-state index >= 15 is 0 Å². The standard InChI is InChI=1S/C17H24N2O3.C17H22N2O3.C16H22N2O2.C16H24O5.C15H19ClN2O.C14H22O3.6CH4/c1-10-13-5-4-12-14(18-11(2)19-15(12)20)16(13,3)6-7-17(10)21-8-9-22-17;1-9-13-6-5-12-15(18-10(2)19-16(12)22-4)17(13,3)7-11(8-20)14(9)21;1-9-12-6-5-11-14(16(12,3)8-7-13(9)19)17-10(2)18-15(11)20-4;1-10-12-5-4-11(14(18)19-3)13(17)15(12,2)6-7-16(10)20-8-9-21-16;1-8-11-5-4-10-13(17-9(2)18-14(10)16)15(11,3)7-6-12(8)19;1-10-11-4-3-5-12(15)13(11,2)6-7-14(10)16-8-9-17-14;;;;;;/h10,13H,4-9H2,1-3H3,(H,18,19,20);8-9,13,20H,5-7H2,1-4H3;9,12H,5-8H2,1-4H3;10-12H,4-9H2,1-3H3;8,11H,4-7H2,1-3H3;10-11H,3-9H2,1-2H3;6*1H4/b;11-8-;;;;;;;;;;/t10-,13-,16-;9-,13-,17-;9-,12-,16-;10-,11?,12-,15-;8-,11-,15-;10-,11-,13-;;;;;;/m000000....../s1. The van der Waals surface area contributed by atoms with E-state index in [1.807, 2.05) is 41.5 Å². The number of ether oxygens (including phenoxy) is 9. The molecule has 12 aliphatic carbocycles. The van der Waals surface area contributed by atoms with Gasteiger partial charge in [0.15, 0.2) is 28.9 Å². The Kier molecular flexibility index (Phi) is 33.5. The number of aliphatic hydroxyl groups is 1. The number of aryl methyl sites for hydroxylation is 4. The van der Waals surface area contributed by atoms with Crippen molar-refractivity contribution in [3.63, 3.8) is 0 Å². The molecule has 0 amide bonds. The van der Waals surface area contributed by atoms with Crippen LogP contribution < -0.4 is 15.0 Å². The van der Waals surface area contributed by atoms with Crippen LogP contribution in [0.4, 0.5) is 0 Å². The van der Waals surface area contributed by atoms with E-state index in [0.29, 0.717) is 153 Å². The van der Waals surface area contributed by atoms with E-state index in [0.717, 1.165) is 191 Å². The van der Waals surface area contributed by atoms with Crippen LogP contribution in [0.3, 0.4) is 0 Å². The van der Waals surface area contributed by atoms with E-state index in [2.05, 4.69) is 94.2 Å². The van der Waals surface area contributed by atoms with E-state index in [1.54, 1.807) is 14.2 Å². The molecule has 26 heteroatoms. The summed E-state index contributed by atoms with van der Waals surface area (Å²) in [6.07, 6.45) is 21.5. The maximum Gasteiger partial charge on any atom is 0.316 e. The Bertz CT molecular complexity index is 4740. The van der Waals surface area contributed by atoms with Crippen LogP contribution in [0.15, 0.2) is 16.6 Å². The zero-order chi connectivity index (χ0) is 87.2. The molecular formula is C101H157ClN8O17. The van der Waals surface area contributed by atoms with Crippen molar-refractivity contribution in [1.29, 1.82) is 0 Å². The molecule has 3 saturated heterocycles. The van der Waals surface area contributed by atoms with Gasteiger partial charge in [-0.1, -0.05) is 139 Å². The number of aromatic amines is 1. The fourth-order valence-corrected chi connectivity index (χ4v) is 26.8. The molecule has 4 aromatic rings. The van der Waals surface area contributed by atoms with Gasteiger partial charge in [0.1, 0.15) is 51.7 Å². The number of methoxy groups -OCH3 is 3. The lowest BCUT2D eigenvalue weighted by molar-refractivity contribution is -0.244. The highest BCUT2D eigenvalue weighted by Gasteiger charge is 2.64. The fourth-order valence-electron chi connectivity index (χ4n) is 26.5. The van der Waals surface area contributed by atoms with Crippen LogP contribution >= 0.6 is 11.6 Å². The first-order chi connectivity index (χ1) is 57.3. The van der Waals surface area contributed by atoms with Gasteiger partial charge in [0.2, 0.25) is 11.8 Å². The summed E-state index contributed by atoms with van der Waals surface area (Å²) in [4.78, 5) is 120. The molecule has 11 fully saturated rings. The SMILES string of the molecule is C.C.C.C.C.C.COC(=O)C1CC[C@H]2[C@H](C)C3(CC[C@]2(C)C1=O)OCCO3.COc1nc(C)nc2c1CC[C@H]1[C@H](C)C(=O)/C(=C\O)C[C@]21C.COc1nc(C)nc2c1CC[C@H]1[C@H](C)C(=O)CC[C@]21C.C[C@H]1[C@@H]2CCCC(=O)[C@@]2(C)CCC12OCCO2.Cc1nc(Cl)c2c(n1)[C@@]1(C)CCC(=O)[C@@H](C)[C@@H]1CC2.Cc1nc2c(c(=O)[nH]1)CC[C@H]1[C@H](C)C3(CC[C@]21C)OCCO3. The number of hydrogen-bond donors (Lipinski definition) is 2. The lowest BCUT2D eigenvalue weighted by Gasteiger charge is -2.54. The first-order valence-electron chi connectivity index (χ1n) is 45.2. The number of ketones is 5. The third-order valence-electron chi connectivity index (χ3n) is 33.6. The topological polar surface area (TPSA) is 329 Å². The summed E-state index contributed by atoms with van der Waals surface area (Å²) >= 11 is 6.29. The van der Waals surface area contributed by atoms with Crippen LogP contribution in [0.2, 0.25) is 5.15 Å². The number of halogens is 1. The number of carbonyl (C=O) groups is 6. The van der Waals surface area contributed by atoms with Gasteiger partial charge >= 0.3 is 5.97 Å². The van der Waals surface area contributed by atoms with Crippen molar-refractivity contribution in [3.05, 3.63) is 95.7 Å². The van der Waals surface area contributed by atoms with Crippen LogP contribution in [-0.4, -0.2) is 158 Å². The highest BCUT2D eigenvalue weighted by Crippen LogP contribution is 2.62. The second kappa shape index (κ2) is 40.3. The monoisotopic (exact) mass is 1790 g/mol. The number of aromatic nitrogens is 8. The number of allylic oxidation sites excluding steroid dienone is 1. The molecule has 0 radical (unpaired) electrons. The average molecular weight is 1790 g/mol. The quantitative estimate of drug-likeness (QED) is 0.0632. The Morgan fingerprint density at radius 3 is 1.26 bits per heavy atom. The molecule has 1 unspecified atom stereocenters. The minimum atomic E-state index is -0.595. The molecule has 2 N–H and O–H groups in total. The predicted molar refractivity (Wildman–Crippen MR) is 492 cm³/mol. The van der Waals surface area contributed by atoms with Gasteiger partial charge in [-0.2, -0.15) is 9.97 Å². The number of carbonyl (C=O) groups excluding carboxylic acids is 6. The van der Waals surface area contributed by atoms with Crippen molar-refractivity contribution >= 4 is 46.5 Å². The molecule has 0 bridgehead atoms. The van der Waals surface area contributed by atoms with Gasteiger partial charge in [0.25, 0.3) is 5.56 Å². The number of nitrogens with one attached hydrogen (secondary N) is 1. The van der Waals surface area contributed by atoms with E-state index in [1.165, 1.54) is 7.11 Å². The van der Waals surface area contributed by atoms with E-state index in [4.69, 9.17) is 69.2 Å². The first-order valence-corrected chi connectivity index (χ1v) is 45.6. The second-order valence-corrected chi connectivity index (χ2v) is 40.0. The normalized spacial score (nSPS) is 35.0. The van der Waals surface area contributed by atoms with E-state index in [9.17, 15) is 38.7 Å². The summed E-state index contributed by atoms with van der Waals surface area (Å²) < 4.78 is 51.3. The number of H-pyrrole nitrogens is 1. The Morgan fingerprint density at radius 2 is 0.803 bits per heavy atom. The van der Waals surface area contributed by atoms with Crippen LogP contribution in [0.5, 0.6) is 11.8 Å². The zero-order valence-electron chi connectivity index (χ0n) is 75.3.